The molecule has 2 saturated heterocycles. The second kappa shape index (κ2) is 4.41. The predicted octanol–water partition coefficient (Wildman–Crippen LogP) is 0.00670. The fourth-order valence-electron chi connectivity index (χ4n) is 2.00. The molecule has 98 valence electrons. The highest BCUT2D eigenvalue weighted by molar-refractivity contribution is 5.60. The molecule has 2 heterocycles. The first-order valence-electron chi connectivity index (χ1n) is 5.33. The molecule has 0 aromatic rings. The number of aliphatic hydroxyl groups excluding tert-OH is 1. The molecule has 2 rings (SSSR count). The van der Waals surface area contributed by atoms with Crippen LogP contribution >= 0.6 is 0 Å². The van der Waals surface area contributed by atoms with Crippen molar-refractivity contribution in [3.8, 4) is 0 Å². The SMILES string of the molecule is COC(=O)O[C@H]1[C@H]2OC(C)(C)O[C@H]2O[C@@H]1CO. The van der Waals surface area contributed by atoms with Gasteiger partial charge in [0.1, 0.15) is 6.10 Å². The van der Waals surface area contributed by atoms with E-state index in [2.05, 4.69) is 4.74 Å². The summed E-state index contributed by atoms with van der Waals surface area (Å²) in [6.45, 7) is 3.18. The molecule has 0 aromatic heterocycles. The Labute approximate surface area is 98.5 Å². The molecular weight excluding hydrogens is 232 g/mol. The van der Waals surface area contributed by atoms with Crippen LogP contribution in [0.4, 0.5) is 4.79 Å². The minimum atomic E-state index is -0.842. The molecule has 0 amide bonds. The van der Waals surface area contributed by atoms with Crippen molar-refractivity contribution in [3.05, 3.63) is 0 Å². The van der Waals surface area contributed by atoms with Gasteiger partial charge >= 0.3 is 6.16 Å². The molecule has 2 aliphatic heterocycles. The number of fused-ring (bicyclic) bond motifs is 1. The number of hydrogen-bond donors (Lipinski definition) is 1. The first-order chi connectivity index (χ1) is 7.96. The molecule has 0 radical (unpaired) electrons. The molecule has 0 aromatic carbocycles. The van der Waals surface area contributed by atoms with Crippen LogP contribution in [0.5, 0.6) is 0 Å². The Hall–Kier alpha value is -0.890. The molecular formula is C10H16O7. The predicted molar refractivity (Wildman–Crippen MR) is 53.1 cm³/mol. The maximum absolute atomic E-state index is 11.1. The van der Waals surface area contributed by atoms with Gasteiger partial charge in [0.05, 0.1) is 13.7 Å². The third-order valence-electron chi connectivity index (χ3n) is 2.67. The van der Waals surface area contributed by atoms with Gasteiger partial charge in [-0.3, -0.25) is 0 Å². The first-order valence-corrected chi connectivity index (χ1v) is 5.33. The van der Waals surface area contributed by atoms with Crippen molar-refractivity contribution in [2.45, 2.75) is 44.2 Å². The van der Waals surface area contributed by atoms with Crippen molar-refractivity contribution in [3.63, 3.8) is 0 Å². The van der Waals surface area contributed by atoms with Gasteiger partial charge in [0, 0.05) is 0 Å². The number of rotatable bonds is 2. The average Bonchev–Trinajstić information content (AvgIpc) is 2.72. The van der Waals surface area contributed by atoms with Gasteiger partial charge in [-0.2, -0.15) is 0 Å². The van der Waals surface area contributed by atoms with Crippen molar-refractivity contribution in [1.29, 1.82) is 0 Å². The smallest absolute Gasteiger partial charge is 0.438 e. The maximum Gasteiger partial charge on any atom is 0.508 e. The number of methoxy groups -OCH3 is 1. The quantitative estimate of drug-likeness (QED) is 0.689. The molecule has 1 N–H and O–H groups in total. The monoisotopic (exact) mass is 248 g/mol. The van der Waals surface area contributed by atoms with E-state index in [0.717, 1.165) is 0 Å². The lowest BCUT2D eigenvalue weighted by molar-refractivity contribution is -0.219. The summed E-state index contributed by atoms with van der Waals surface area (Å²) in [4.78, 5) is 11.1. The van der Waals surface area contributed by atoms with E-state index in [0.29, 0.717) is 0 Å². The van der Waals surface area contributed by atoms with Crippen molar-refractivity contribution in [2.24, 2.45) is 0 Å². The normalized spacial score (nSPS) is 38.8. The Balaban J connectivity index is 2.08. The van der Waals surface area contributed by atoms with E-state index in [1.54, 1.807) is 13.8 Å². The molecule has 4 atom stereocenters. The lowest BCUT2D eigenvalue weighted by Crippen LogP contribution is -2.39. The van der Waals surface area contributed by atoms with E-state index < -0.39 is 36.5 Å². The van der Waals surface area contributed by atoms with E-state index in [1.165, 1.54) is 7.11 Å². The van der Waals surface area contributed by atoms with Gasteiger partial charge in [0.25, 0.3) is 0 Å². The zero-order chi connectivity index (χ0) is 12.6. The van der Waals surface area contributed by atoms with Gasteiger partial charge in [-0.05, 0) is 13.8 Å². The van der Waals surface area contributed by atoms with Crippen LogP contribution in [-0.4, -0.2) is 55.4 Å². The maximum atomic E-state index is 11.1. The van der Waals surface area contributed by atoms with Crippen LogP contribution in [0.3, 0.4) is 0 Å². The van der Waals surface area contributed by atoms with Crippen LogP contribution in [0.2, 0.25) is 0 Å². The zero-order valence-corrected chi connectivity index (χ0v) is 9.91. The number of carbonyl (C=O) groups excluding carboxylic acids is 1. The summed E-state index contributed by atoms with van der Waals surface area (Å²) in [7, 11) is 1.21. The van der Waals surface area contributed by atoms with Gasteiger partial charge in [0.2, 0.25) is 0 Å². The third-order valence-corrected chi connectivity index (χ3v) is 2.67. The molecule has 0 saturated carbocycles. The number of hydrogen-bond acceptors (Lipinski definition) is 7. The number of aliphatic hydroxyl groups is 1. The summed E-state index contributed by atoms with van der Waals surface area (Å²) in [6, 6.07) is 0. The first kappa shape index (κ1) is 12.6. The van der Waals surface area contributed by atoms with Gasteiger partial charge in [-0.1, -0.05) is 0 Å². The van der Waals surface area contributed by atoms with Crippen LogP contribution in [-0.2, 0) is 23.7 Å². The summed E-state index contributed by atoms with van der Waals surface area (Å²) in [5.74, 6) is -0.798. The minimum Gasteiger partial charge on any atom is -0.438 e. The summed E-state index contributed by atoms with van der Waals surface area (Å²) in [6.07, 6.45) is -3.44. The molecule has 17 heavy (non-hydrogen) atoms. The molecule has 0 spiro atoms. The van der Waals surface area contributed by atoms with E-state index in [4.69, 9.17) is 24.1 Å². The number of ether oxygens (including phenoxy) is 5. The van der Waals surface area contributed by atoms with Crippen LogP contribution < -0.4 is 0 Å². The Bertz CT molecular complexity index is 303. The molecule has 0 unspecified atom stereocenters. The fraction of sp³-hybridized carbons (Fsp3) is 0.900. The largest absolute Gasteiger partial charge is 0.508 e. The Morgan fingerprint density at radius 1 is 1.41 bits per heavy atom. The summed E-state index contributed by atoms with van der Waals surface area (Å²) in [5.41, 5.74) is 0. The summed E-state index contributed by atoms with van der Waals surface area (Å²) in [5, 5.41) is 9.14. The van der Waals surface area contributed by atoms with Crippen LogP contribution in [0.25, 0.3) is 0 Å². The lowest BCUT2D eigenvalue weighted by atomic mass is 10.1. The zero-order valence-electron chi connectivity index (χ0n) is 9.91. The molecule has 7 heteroatoms. The van der Waals surface area contributed by atoms with Gasteiger partial charge < -0.3 is 28.8 Å². The topological polar surface area (TPSA) is 83.5 Å². The van der Waals surface area contributed by atoms with Crippen LogP contribution in [0.15, 0.2) is 0 Å². The number of carbonyl (C=O) groups is 1. The Morgan fingerprint density at radius 2 is 2.12 bits per heavy atom. The van der Waals surface area contributed by atoms with E-state index in [-0.39, 0.29) is 6.61 Å². The molecule has 2 fully saturated rings. The highest BCUT2D eigenvalue weighted by Crippen LogP contribution is 2.38. The third kappa shape index (κ3) is 2.37. The Kier molecular flexibility index (Phi) is 3.26. The van der Waals surface area contributed by atoms with Crippen LogP contribution in [0.1, 0.15) is 13.8 Å². The lowest BCUT2D eigenvalue weighted by Gasteiger charge is -2.24. The van der Waals surface area contributed by atoms with Crippen molar-refractivity contribution < 1.29 is 33.6 Å². The van der Waals surface area contributed by atoms with Gasteiger partial charge in [-0.15, -0.1) is 0 Å². The fourth-order valence-corrected chi connectivity index (χ4v) is 2.00. The van der Waals surface area contributed by atoms with Crippen molar-refractivity contribution in [2.75, 3.05) is 13.7 Å². The second-order valence-corrected chi connectivity index (χ2v) is 4.36. The highest BCUT2D eigenvalue weighted by Gasteiger charge is 2.56. The van der Waals surface area contributed by atoms with Crippen molar-refractivity contribution >= 4 is 6.16 Å². The molecule has 2 aliphatic rings. The molecule has 0 aliphatic carbocycles. The highest BCUT2D eigenvalue weighted by atomic mass is 16.9. The van der Waals surface area contributed by atoms with Gasteiger partial charge in [-0.25, -0.2) is 4.79 Å². The molecule has 0 bridgehead atoms. The second-order valence-electron chi connectivity index (χ2n) is 4.36. The Morgan fingerprint density at radius 3 is 2.71 bits per heavy atom. The summed E-state index contributed by atoms with van der Waals surface area (Å²) < 4.78 is 25.9. The standard InChI is InChI=1S/C10H16O7/c1-10(2)16-7-6(15-9(12)13-3)5(4-11)14-8(7)17-10/h5-8,11H,4H2,1-3H3/t5-,6-,7-,8-/m1/s1. The minimum absolute atomic E-state index is 0.290. The average molecular weight is 248 g/mol. The van der Waals surface area contributed by atoms with E-state index in [1.807, 2.05) is 0 Å². The van der Waals surface area contributed by atoms with Crippen LogP contribution in [0, 0.1) is 0 Å². The van der Waals surface area contributed by atoms with E-state index in [9.17, 15) is 4.79 Å². The van der Waals surface area contributed by atoms with Crippen molar-refractivity contribution in [1.82, 2.24) is 0 Å². The molecule has 7 nitrogen and oxygen atoms in total. The van der Waals surface area contributed by atoms with Gasteiger partial charge in [0.15, 0.2) is 24.3 Å². The van der Waals surface area contributed by atoms with E-state index >= 15 is 0 Å². The summed E-state index contributed by atoms with van der Waals surface area (Å²) >= 11 is 0.